The molecule has 0 radical (unpaired) electrons. The lowest BCUT2D eigenvalue weighted by Crippen LogP contribution is -2.57. The van der Waals surface area contributed by atoms with Gasteiger partial charge in [-0.1, -0.05) is 6.08 Å². The van der Waals surface area contributed by atoms with Crippen LogP contribution in [0, 0.1) is 0 Å². The van der Waals surface area contributed by atoms with Crippen molar-refractivity contribution in [1.29, 1.82) is 0 Å². The molecule has 0 fully saturated rings. The third-order valence-corrected chi connectivity index (χ3v) is 2.67. The van der Waals surface area contributed by atoms with Crippen molar-refractivity contribution in [2.75, 3.05) is 13.2 Å². The highest BCUT2D eigenvalue weighted by atomic mass is 19.4. The lowest BCUT2D eigenvalue weighted by atomic mass is 10.2. The minimum absolute atomic E-state index is 0.0955. The van der Waals surface area contributed by atoms with E-state index in [1.807, 2.05) is 0 Å². The van der Waals surface area contributed by atoms with Crippen LogP contribution in [0.15, 0.2) is 12.7 Å². The number of ether oxygens (including phenoxy) is 4. The molecule has 0 heterocycles. The Morgan fingerprint density at radius 1 is 0.600 bits per heavy atom. The minimum Gasteiger partial charge on any atom is -0.372 e. The van der Waals surface area contributed by atoms with Crippen molar-refractivity contribution in [3.8, 4) is 0 Å². The number of hydrogen-bond donors (Lipinski definition) is 0. The van der Waals surface area contributed by atoms with Gasteiger partial charge in [0.15, 0.2) is 0 Å². The first-order valence-electron chi connectivity index (χ1n) is 7.43. The van der Waals surface area contributed by atoms with Gasteiger partial charge in [-0.3, -0.25) is 0 Å². The monoisotopic (exact) mass is 480 g/mol. The predicted molar refractivity (Wildman–Crippen MR) is 68.9 cm³/mol. The molecular weight excluding hydrogens is 467 g/mol. The summed E-state index contributed by atoms with van der Waals surface area (Å²) >= 11 is 0. The smallest absolute Gasteiger partial charge is 0.372 e. The first-order valence-corrected chi connectivity index (χ1v) is 7.43. The average molecular weight is 480 g/mol. The molecular formula is C13H13F13O4. The Morgan fingerprint density at radius 3 is 1.47 bits per heavy atom. The molecule has 0 aliphatic carbocycles. The molecule has 0 saturated carbocycles. The molecule has 0 unspecified atom stereocenters. The Hall–Kier alpha value is -1.33. The summed E-state index contributed by atoms with van der Waals surface area (Å²) < 4.78 is 174. The minimum atomic E-state index is -7.06. The molecule has 0 bridgehead atoms. The van der Waals surface area contributed by atoms with E-state index in [1.165, 1.54) is 6.08 Å². The van der Waals surface area contributed by atoms with Crippen molar-refractivity contribution >= 4 is 0 Å². The van der Waals surface area contributed by atoms with Crippen LogP contribution in [0.4, 0.5) is 57.1 Å². The van der Waals surface area contributed by atoms with E-state index in [0.29, 0.717) is 12.8 Å². The molecule has 0 saturated heterocycles. The summed E-state index contributed by atoms with van der Waals surface area (Å²) in [5.74, 6) is 0. The van der Waals surface area contributed by atoms with E-state index in [9.17, 15) is 57.1 Å². The van der Waals surface area contributed by atoms with Crippen LogP contribution in [0.25, 0.3) is 0 Å². The topological polar surface area (TPSA) is 36.9 Å². The quantitative estimate of drug-likeness (QED) is 0.177. The van der Waals surface area contributed by atoms with Crippen LogP contribution in [-0.2, 0) is 18.9 Å². The third-order valence-electron chi connectivity index (χ3n) is 2.67. The van der Waals surface area contributed by atoms with E-state index in [2.05, 4.69) is 16.1 Å². The fourth-order valence-electron chi connectivity index (χ4n) is 1.44. The SMILES string of the molecule is C=CCCCCOCC(F)(F)OC(F)(F)C(F)(F)OC(F)(F)C(F)(F)OC(F)(F)F. The van der Waals surface area contributed by atoms with Crippen molar-refractivity contribution in [3.63, 3.8) is 0 Å². The fourth-order valence-corrected chi connectivity index (χ4v) is 1.44. The average Bonchev–Trinajstić information content (AvgIpc) is 2.45. The van der Waals surface area contributed by atoms with Crippen LogP contribution in [0.5, 0.6) is 0 Å². The summed E-state index contributed by atoms with van der Waals surface area (Å²) in [5, 5.41) is 0. The maximum atomic E-state index is 13.2. The van der Waals surface area contributed by atoms with Gasteiger partial charge >= 0.3 is 36.9 Å². The molecule has 4 nitrogen and oxygen atoms in total. The van der Waals surface area contributed by atoms with Gasteiger partial charge in [0, 0.05) is 6.61 Å². The van der Waals surface area contributed by atoms with Crippen molar-refractivity contribution in [2.24, 2.45) is 0 Å². The van der Waals surface area contributed by atoms with E-state index in [1.54, 1.807) is 9.47 Å². The lowest BCUT2D eigenvalue weighted by molar-refractivity contribution is -0.564. The van der Waals surface area contributed by atoms with E-state index >= 15 is 0 Å². The van der Waals surface area contributed by atoms with Gasteiger partial charge in [0.05, 0.1) is 0 Å². The van der Waals surface area contributed by atoms with Crippen LogP contribution >= 0.6 is 0 Å². The Labute approximate surface area is 159 Å². The molecule has 180 valence electrons. The van der Waals surface area contributed by atoms with Crippen molar-refractivity contribution < 1.29 is 76.0 Å². The van der Waals surface area contributed by atoms with E-state index in [0.717, 1.165) is 0 Å². The van der Waals surface area contributed by atoms with Crippen LogP contribution in [0.1, 0.15) is 19.3 Å². The van der Waals surface area contributed by atoms with Crippen molar-refractivity contribution in [3.05, 3.63) is 12.7 Å². The van der Waals surface area contributed by atoms with Gasteiger partial charge < -0.3 is 4.74 Å². The van der Waals surface area contributed by atoms with Crippen LogP contribution < -0.4 is 0 Å². The zero-order valence-electron chi connectivity index (χ0n) is 14.4. The molecule has 0 atom stereocenters. The Balaban J connectivity index is 5.12. The maximum Gasteiger partial charge on any atom is 0.527 e. The molecule has 0 aromatic heterocycles. The highest BCUT2D eigenvalue weighted by Crippen LogP contribution is 2.48. The van der Waals surface area contributed by atoms with Gasteiger partial charge in [-0.05, 0) is 19.3 Å². The summed E-state index contributed by atoms with van der Waals surface area (Å²) in [6, 6.07) is 0. The molecule has 30 heavy (non-hydrogen) atoms. The molecule has 0 spiro atoms. The van der Waals surface area contributed by atoms with Gasteiger partial charge in [0.2, 0.25) is 0 Å². The highest BCUT2D eigenvalue weighted by molar-refractivity contribution is 4.76. The Morgan fingerprint density at radius 2 is 1.03 bits per heavy atom. The molecule has 0 N–H and O–H groups in total. The first-order chi connectivity index (χ1) is 13.2. The molecule has 0 aromatic rings. The standard InChI is InChI=1S/C13H13F13O4/c1-2-3-4-5-6-27-7-8(14,15)28-9(16,17)10(18,19)29-11(20,21)12(22,23)30-13(24,25)26/h2H,1,3-7H2. The lowest BCUT2D eigenvalue weighted by Gasteiger charge is -2.33. The van der Waals surface area contributed by atoms with Gasteiger partial charge in [-0.2, -0.15) is 43.9 Å². The fraction of sp³-hybridized carbons (Fsp3) is 0.846. The normalized spacial score (nSPS) is 14.8. The second-order valence-corrected chi connectivity index (χ2v) is 5.29. The Bertz CT molecular complexity index is 548. The van der Waals surface area contributed by atoms with Gasteiger partial charge in [-0.15, -0.1) is 19.8 Å². The second kappa shape index (κ2) is 9.86. The molecule has 0 amide bonds. The van der Waals surface area contributed by atoms with Crippen LogP contribution in [0.3, 0.4) is 0 Å². The van der Waals surface area contributed by atoms with E-state index in [-0.39, 0.29) is 6.42 Å². The van der Waals surface area contributed by atoms with Crippen molar-refractivity contribution in [1.82, 2.24) is 0 Å². The van der Waals surface area contributed by atoms with Gasteiger partial charge in [0.25, 0.3) is 0 Å². The van der Waals surface area contributed by atoms with Crippen LogP contribution in [0.2, 0.25) is 0 Å². The zero-order valence-corrected chi connectivity index (χ0v) is 14.4. The molecule has 0 rings (SSSR count). The second-order valence-electron chi connectivity index (χ2n) is 5.29. The number of allylic oxidation sites excluding steroid dienone is 1. The number of halogens is 13. The summed E-state index contributed by atoms with van der Waals surface area (Å²) in [7, 11) is 0. The first kappa shape index (κ1) is 28.7. The Kier molecular flexibility index (Phi) is 9.43. The van der Waals surface area contributed by atoms with Crippen LogP contribution in [-0.4, -0.2) is 50.1 Å². The molecule has 0 aliphatic rings. The van der Waals surface area contributed by atoms with E-state index in [4.69, 9.17) is 0 Å². The third kappa shape index (κ3) is 9.22. The van der Waals surface area contributed by atoms with Gasteiger partial charge in [0.1, 0.15) is 6.61 Å². The number of hydrogen-bond acceptors (Lipinski definition) is 4. The highest BCUT2D eigenvalue weighted by Gasteiger charge is 2.74. The number of unbranched alkanes of at least 4 members (excludes halogenated alkanes) is 2. The molecule has 0 aliphatic heterocycles. The summed E-state index contributed by atoms with van der Waals surface area (Å²) in [6.45, 7) is 0.745. The summed E-state index contributed by atoms with van der Waals surface area (Å²) in [6.07, 6.45) is -37.2. The zero-order chi connectivity index (χ0) is 24.1. The summed E-state index contributed by atoms with van der Waals surface area (Å²) in [5.41, 5.74) is 0. The van der Waals surface area contributed by atoms with Crippen molar-refractivity contribution in [2.45, 2.75) is 56.2 Å². The van der Waals surface area contributed by atoms with E-state index < -0.39 is 50.1 Å². The molecule has 0 aromatic carbocycles. The predicted octanol–water partition coefficient (Wildman–Crippen LogP) is 5.89. The number of alkyl halides is 13. The maximum absolute atomic E-state index is 13.2. The summed E-state index contributed by atoms with van der Waals surface area (Å²) in [4.78, 5) is 0. The number of rotatable bonds is 14. The molecule has 17 heteroatoms. The largest absolute Gasteiger partial charge is 0.527 e. The van der Waals surface area contributed by atoms with Gasteiger partial charge in [-0.25, -0.2) is 14.2 Å².